The lowest BCUT2D eigenvalue weighted by Gasteiger charge is -2.05. The Bertz CT molecular complexity index is 299. The zero-order chi connectivity index (χ0) is 11.8. The Hall–Kier alpha value is -1.63. The second-order valence-electron chi connectivity index (χ2n) is 2.82. The summed E-state index contributed by atoms with van der Waals surface area (Å²) in [4.78, 5) is 10.4. The number of hydrogen-bond acceptors (Lipinski definition) is 5. The first kappa shape index (κ1) is 13.4. The van der Waals surface area contributed by atoms with E-state index in [1.54, 1.807) is 12.1 Å². The third-order valence-corrected chi connectivity index (χ3v) is 1.71. The van der Waals surface area contributed by atoms with Crippen molar-refractivity contribution in [3.8, 4) is 5.75 Å². The summed E-state index contributed by atoms with van der Waals surface area (Å²) < 4.78 is 0. The lowest BCUT2D eigenvalue weighted by atomic mass is 10.1. The molecule has 0 heterocycles. The van der Waals surface area contributed by atoms with Gasteiger partial charge in [-0.05, 0) is 24.1 Å². The van der Waals surface area contributed by atoms with Crippen molar-refractivity contribution in [1.82, 2.24) is 0 Å². The quantitative estimate of drug-likeness (QED) is 0.438. The monoisotopic (exact) mass is 214 g/mol. The minimum atomic E-state index is -1.02. The van der Waals surface area contributed by atoms with Crippen LogP contribution >= 0.6 is 0 Å². The Labute approximate surface area is 86.7 Å². The number of aromatic hydroxyl groups is 1. The van der Waals surface area contributed by atoms with Crippen LogP contribution in [-0.2, 0) is 11.2 Å². The Kier molecular flexibility index (Phi) is 6.03. The van der Waals surface area contributed by atoms with Gasteiger partial charge < -0.3 is 21.2 Å². The largest absolute Gasteiger partial charge is 0.508 e. The number of phenols is 1. The molecule has 0 aromatic heterocycles. The van der Waals surface area contributed by atoms with Crippen LogP contribution in [-0.4, -0.2) is 27.4 Å². The van der Waals surface area contributed by atoms with Crippen molar-refractivity contribution in [2.24, 2.45) is 11.6 Å². The minimum absolute atomic E-state index is 0.160. The molecule has 0 unspecified atom stereocenters. The average Bonchev–Trinajstić information content (AvgIpc) is 2.24. The Balaban J connectivity index is 0.000000921. The van der Waals surface area contributed by atoms with Gasteiger partial charge in [0.2, 0.25) is 0 Å². The summed E-state index contributed by atoms with van der Waals surface area (Å²) in [7, 11) is 0. The van der Waals surface area contributed by atoms with Crippen LogP contribution in [0.25, 0.3) is 0 Å². The second-order valence-corrected chi connectivity index (χ2v) is 2.82. The van der Waals surface area contributed by atoms with E-state index in [1.165, 1.54) is 12.1 Å². The van der Waals surface area contributed by atoms with Gasteiger partial charge in [-0.25, -0.2) is 5.90 Å². The predicted octanol–water partition coefficient (Wildman–Crippen LogP) is -0.319. The fourth-order valence-corrected chi connectivity index (χ4v) is 0.973. The van der Waals surface area contributed by atoms with Crippen molar-refractivity contribution in [2.75, 3.05) is 0 Å². The molecule has 84 valence electrons. The number of carboxylic acids is 1. The van der Waals surface area contributed by atoms with E-state index < -0.39 is 12.0 Å². The maximum Gasteiger partial charge on any atom is 0.320 e. The molecule has 1 rings (SSSR count). The van der Waals surface area contributed by atoms with Crippen LogP contribution in [0.4, 0.5) is 0 Å². The molecule has 1 atom stereocenters. The minimum Gasteiger partial charge on any atom is -0.508 e. The second kappa shape index (κ2) is 6.77. The SMILES string of the molecule is NO.N[C@@H](Cc1ccc(O)cc1)C(=O)O. The van der Waals surface area contributed by atoms with Crippen LogP contribution in [0.2, 0.25) is 0 Å². The number of phenolic OH excluding ortho intramolecular Hbond substituents is 1. The molecule has 0 aliphatic heterocycles. The number of nitrogens with two attached hydrogens (primary N) is 2. The molecule has 0 saturated carbocycles. The predicted molar refractivity (Wildman–Crippen MR) is 53.4 cm³/mol. The maximum atomic E-state index is 10.4. The molecule has 0 fully saturated rings. The average molecular weight is 214 g/mol. The van der Waals surface area contributed by atoms with E-state index in [1.807, 2.05) is 0 Å². The van der Waals surface area contributed by atoms with Crippen molar-refractivity contribution in [3.63, 3.8) is 0 Å². The lowest BCUT2D eigenvalue weighted by molar-refractivity contribution is -0.138. The molecule has 0 aliphatic rings. The standard InChI is InChI=1S/C9H11NO3.H3NO/c10-8(9(12)13)5-6-1-3-7(11)4-2-6;1-2/h1-4,8,11H,5,10H2,(H,12,13);2H,1H2/t8-;/m0./s1. The first-order valence-corrected chi connectivity index (χ1v) is 4.11. The number of carboxylic acid groups (broad SMARTS) is 1. The van der Waals surface area contributed by atoms with E-state index in [4.69, 9.17) is 21.2 Å². The molecule has 1 aromatic carbocycles. The fraction of sp³-hybridized carbons (Fsp3) is 0.222. The van der Waals surface area contributed by atoms with E-state index in [9.17, 15) is 4.79 Å². The third kappa shape index (κ3) is 4.96. The molecular weight excluding hydrogens is 200 g/mol. The molecular formula is C9H14N2O4. The van der Waals surface area contributed by atoms with Crippen LogP contribution < -0.4 is 11.6 Å². The van der Waals surface area contributed by atoms with Gasteiger partial charge in [0.15, 0.2) is 0 Å². The van der Waals surface area contributed by atoms with Crippen LogP contribution in [0.5, 0.6) is 5.75 Å². The van der Waals surface area contributed by atoms with Gasteiger partial charge in [0.05, 0.1) is 0 Å². The highest BCUT2D eigenvalue weighted by molar-refractivity contribution is 5.73. The molecule has 0 radical (unpaired) electrons. The summed E-state index contributed by atoms with van der Waals surface area (Å²) in [6.45, 7) is 0. The van der Waals surface area contributed by atoms with E-state index in [2.05, 4.69) is 5.90 Å². The van der Waals surface area contributed by atoms with Crippen LogP contribution in [0, 0.1) is 0 Å². The highest BCUT2D eigenvalue weighted by atomic mass is 16.4. The molecule has 6 nitrogen and oxygen atoms in total. The summed E-state index contributed by atoms with van der Waals surface area (Å²) in [6.07, 6.45) is 0.273. The third-order valence-electron chi connectivity index (χ3n) is 1.71. The topological polar surface area (TPSA) is 130 Å². The van der Waals surface area contributed by atoms with Crippen molar-refractivity contribution in [1.29, 1.82) is 0 Å². The van der Waals surface area contributed by atoms with Crippen molar-refractivity contribution in [3.05, 3.63) is 29.8 Å². The number of benzene rings is 1. The van der Waals surface area contributed by atoms with Crippen LogP contribution in [0.1, 0.15) is 5.56 Å². The summed E-state index contributed by atoms with van der Waals surface area (Å²) in [5.41, 5.74) is 6.12. The molecule has 6 heteroatoms. The van der Waals surface area contributed by atoms with Crippen molar-refractivity contribution < 1.29 is 20.2 Å². The van der Waals surface area contributed by atoms with Gasteiger partial charge in [-0.3, -0.25) is 4.79 Å². The van der Waals surface area contributed by atoms with Crippen LogP contribution in [0.3, 0.4) is 0 Å². The highest BCUT2D eigenvalue weighted by Crippen LogP contribution is 2.10. The van der Waals surface area contributed by atoms with E-state index in [0.717, 1.165) is 5.56 Å². The summed E-state index contributed by atoms with van der Waals surface area (Å²) >= 11 is 0. The molecule has 0 aliphatic carbocycles. The Morgan fingerprint density at radius 1 is 1.27 bits per heavy atom. The molecule has 0 saturated heterocycles. The zero-order valence-electron chi connectivity index (χ0n) is 8.00. The fourth-order valence-electron chi connectivity index (χ4n) is 0.973. The normalized spacial score (nSPS) is 11.1. The number of hydrogen-bond donors (Lipinski definition) is 5. The van der Waals surface area contributed by atoms with Gasteiger partial charge in [0, 0.05) is 0 Å². The van der Waals surface area contributed by atoms with E-state index >= 15 is 0 Å². The van der Waals surface area contributed by atoms with Crippen LogP contribution in [0.15, 0.2) is 24.3 Å². The molecule has 1 aromatic rings. The van der Waals surface area contributed by atoms with E-state index in [0.29, 0.717) is 0 Å². The molecule has 7 N–H and O–H groups in total. The maximum absolute atomic E-state index is 10.4. The summed E-state index contributed by atoms with van der Waals surface area (Å²) in [5.74, 6) is 2.64. The van der Waals surface area contributed by atoms with Gasteiger partial charge in [0.1, 0.15) is 11.8 Å². The summed E-state index contributed by atoms with van der Waals surface area (Å²) in [6, 6.07) is 5.42. The summed E-state index contributed by atoms with van der Waals surface area (Å²) in [5, 5.41) is 24.0. The molecule has 0 bridgehead atoms. The Morgan fingerprint density at radius 2 is 1.73 bits per heavy atom. The first-order valence-electron chi connectivity index (χ1n) is 4.11. The van der Waals surface area contributed by atoms with Gasteiger partial charge in [-0.2, -0.15) is 0 Å². The number of aliphatic carboxylic acids is 1. The molecule has 15 heavy (non-hydrogen) atoms. The molecule has 0 amide bonds. The van der Waals surface area contributed by atoms with Crippen molar-refractivity contribution >= 4 is 5.97 Å². The lowest BCUT2D eigenvalue weighted by Crippen LogP contribution is -2.32. The Morgan fingerprint density at radius 3 is 2.13 bits per heavy atom. The zero-order valence-corrected chi connectivity index (χ0v) is 8.00. The number of rotatable bonds is 3. The first-order chi connectivity index (χ1) is 7.09. The smallest absolute Gasteiger partial charge is 0.320 e. The number of carbonyl (C=O) groups is 1. The molecule has 0 spiro atoms. The van der Waals surface area contributed by atoms with Crippen molar-refractivity contribution in [2.45, 2.75) is 12.5 Å². The van der Waals surface area contributed by atoms with Gasteiger partial charge in [0.25, 0.3) is 0 Å². The highest BCUT2D eigenvalue weighted by Gasteiger charge is 2.11. The van der Waals surface area contributed by atoms with E-state index in [-0.39, 0.29) is 12.2 Å². The van der Waals surface area contributed by atoms with Gasteiger partial charge in [-0.1, -0.05) is 12.1 Å². The van der Waals surface area contributed by atoms with Gasteiger partial charge >= 0.3 is 5.97 Å². The van der Waals surface area contributed by atoms with Gasteiger partial charge in [-0.15, -0.1) is 0 Å².